The number of fused-ring (bicyclic) bond motifs is 1. The second-order valence-electron chi connectivity index (χ2n) is 5.56. The molecule has 4 heteroatoms. The van der Waals surface area contributed by atoms with Gasteiger partial charge in [-0.15, -0.1) is 0 Å². The van der Waals surface area contributed by atoms with Crippen molar-refractivity contribution in [2.24, 2.45) is 0 Å². The number of hydrogen-bond donors (Lipinski definition) is 2. The fourth-order valence-electron chi connectivity index (χ4n) is 2.52. The summed E-state index contributed by atoms with van der Waals surface area (Å²) >= 11 is 0. The van der Waals surface area contributed by atoms with Gasteiger partial charge in [0.2, 0.25) is 0 Å². The van der Waals surface area contributed by atoms with Crippen molar-refractivity contribution in [2.45, 2.75) is 32.7 Å². The van der Waals surface area contributed by atoms with Crippen LogP contribution in [0.2, 0.25) is 0 Å². The fourth-order valence-corrected chi connectivity index (χ4v) is 2.52. The van der Waals surface area contributed by atoms with E-state index in [1.807, 2.05) is 0 Å². The molecule has 104 valence electrons. The highest BCUT2D eigenvalue weighted by atomic mass is 15.0. The number of nitrogens with two attached hydrogens (primary N) is 1. The van der Waals surface area contributed by atoms with Crippen LogP contribution in [0.1, 0.15) is 36.6 Å². The first-order valence-electron chi connectivity index (χ1n) is 7.11. The summed E-state index contributed by atoms with van der Waals surface area (Å²) in [6.45, 7) is 6.10. The summed E-state index contributed by atoms with van der Waals surface area (Å²) < 4.78 is 0. The smallest absolute Gasteiger partial charge is 0.161 e. The molecule has 20 heavy (non-hydrogen) atoms. The van der Waals surface area contributed by atoms with Crippen LogP contribution in [0.25, 0.3) is 11.4 Å². The minimum absolute atomic E-state index is 0.532. The van der Waals surface area contributed by atoms with Crippen molar-refractivity contribution < 1.29 is 0 Å². The fraction of sp³-hybridized carbons (Fsp3) is 0.375. The number of anilines is 1. The predicted molar refractivity (Wildman–Crippen MR) is 81.4 cm³/mol. The third kappa shape index (κ3) is 2.39. The summed E-state index contributed by atoms with van der Waals surface area (Å²) in [4.78, 5) is 9.15. The highest BCUT2D eigenvalue weighted by Gasteiger charge is 2.16. The highest BCUT2D eigenvalue weighted by molar-refractivity contribution is 5.59. The van der Waals surface area contributed by atoms with Crippen LogP contribution in [0.3, 0.4) is 0 Å². The molecule has 0 saturated carbocycles. The Bertz CT molecular complexity index is 617. The molecule has 0 amide bonds. The number of hydrogen-bond acceptors (Lipinski definition) is 4. The van der Waals surface area contributed by atoms with Gasteiger partial charge in [-0.3, -0.25) is 0 Å². The first-order valence-corrected chi connectivity index (χ1v) is 7.11. The highest BCUT2D eigenvalue weighted by Crippen LogP contribution is 2.24. The minimum Gasteiger partial charge on any atom is -0.383 e. The number of aromatic nitrogens is 2. The van der Waals surface area contributed by atoms with Gasteiger partial charge in [0.1, 0.15) is 5.82 Å². The van der Waals surface area contributed by atoms with Gasteiger partial charge in [0.25, 0.3) is 0 Å². The van der Waals surface area contributed by atoms with E-state index in [0.29, 0.717) is 11.7 Å². The Morgan fingerprint density at radius 1 is 1.15 bits per heavy atom. The van der Waals surface area contributed by atoms with Gasteiger partial charge < -0.3 is 11.1 Å². The number of rotatable bonds is 2. The maximum absolute atomic E-state index is 6.07. The molecule has 2 heterocycles. The minimum atomic E-state index is 0.532. The van der Waals surface area contributed by atoms with Crippen molar-refractivity contribution in [1.29, 1.82) is 0 Å². The average molecular weight is 268 g/mol. The van der Waals surface area contributed by atoms with Gasteiger partial charge >= 0.3 is 0 Å². The number of benzene rings is 1. The molecular weight excluding hydrogens is 248 g/mol. The molecule has 2 aromatic rings. The summed E-state index contributed by atoms with van der Waals surface area (Å²) in [7, 11) is 0. The zero-order chi connectivity index (χ0) is 14.1. The molecule has 1 aliphatic heterocycles. The van der Waals surface area contributed by atoms with Crippen LogP contribution in [0.5, 0.6) is 0 Å². The summed E-state index contributed by atoms with van der Waals surface area (Å²) in [6, 6.07) is 8.44. The van der Waals surface area contributed by atoms with Crippen LogP contribution in [0.4, 0.5) is 5.82 Å². The van der Waals surface area contributed by atoms with Gasteiger partial charge in [-0.2, -0.15) is 0 Å². The molecule has 0 aliphatic carbocycles. The Balaban J connectivity index is 1.99. The molecule has 0 atom stereocenters. The van der Waals surface area contributed by atoms with Gasteiger partial charge in [-0.05, 0) is 11.5 Å². The zero-order valence-electron chi connectivity index (χ0n) is 12.0. The normalized spacial score (nSPS) is 14.3. The van der Waals surface area contributed by atoms with E-state index < -0.39 is 0 Å². The number of nitrogens with zero attached hydrogens (tertiary/aromatic N) is 2. The van der Waals surface area contributed by atoms with Crippen LogP contribution in [0, 0.1) is 0 Å². The van der Waals surface area contributed by atoms with Crippen LogP contribution in [0.15, 0.2) is 24.3 Å². The van der Waals surface area contributed by atoms with Crippen molar-refractivity contribution in [3.8, 4) is 11.4 Å². The quantitative estimate of drug-likeness (QED) is 0.878. The third-order valence-corrected chi connectivity index (χ3v) is 3.80. The van der Waals surface area contributed by atoms with Gasteiger partial charge in [0.15, 0.2) is 5.82 Å². The van der Waals surface area contributed by atoms with E-state index in [2.05, 4.69) is 53.4 Å². The molecule has 1 aromatic carbocycles. The molecule has 0 bridgehead atoms. The predicted octanol–water partition coefficient (Wildman–Crippen LogP) is 2.49. The van der Waals surface area contributed by atoms with Crippen molar-refractivity contribution >= 4 is 5.82 Å². The van der Waals surface area contributed by atoms with Gasteiger partial charge in [-0.25, -0.2) is 9.97 Å². The molecule has 0 saturated heterocycles. The van der Waals surface area contributed by atoms with Gasteiger partial charge in [-0.1, -0.05) is 38.1 Å². The van der Waals surface area contributed by atoms with E-state index >= 15 is 0 Å². The second-order valence-corrected chi connectivity index (χ2v) is 5.56. The average Bonchev–Trinajstić information content (AvgIpc) is 2.47. The van der Waals surface area contributed by atoms with Crippen molar-refractivity contribution in [2.75, 3.05) is 12.3 Å². The first kappa shape index (κ1) is 13.1. The van der Waals surface area contributed by atoms with Crippen molar-refractivity contribution in [3.63, 3.8) is 0 Å². The molecule has 3 N–H and O–H groups in total. The summed E-state index contributed by atoms with van der Waals surface area (Å²) in [6.07, 6.45) is 0.916. The Kier molecular flexibility index (Phi) is 3.40. The summed E-state index contributed by atoms with van der Waals surface area (Å²) in [5.74, 6) is 1.87. The summed E-state index contributed by atoms with van der Waals surface area (Å²) in [5.41, 5.74) is 10.6. The zero-order valence-corrected chi connectivity index (χ0v) is 12.0. The van der Waals surface area contributed by atoms with E-state index in [1.165, 1.54) is 5.56 Å². The topological polar surface area (TPSA) is 63.8 Å². The van der Waals surface area contributed by atoms with E-state index in [0.717, 1.165) is 42.2 Å². The van der Waals surface area contributed by atoms with Gasteiger partial charge in [0, 0.05) is 30.6 Å². The molecule has 0 unspecified atom stereocenters. The molecule has 3 rings (SSSR count). The maximum Gasteiger partial charge on any atom is 0.161 e. The molecule has 0 spiro atoms. The molecule has 1 aliphatic rings. The lowest BCUT2D eigenvalue weighted by Gasteiger charge is -2.18. The molecule has 0 radical (unpaired) electrons. The third-order valence-electron chi connectivity index (χ3n) is 3.80. The molecule has 1 aromatic heterocycles. The molecular formula is C16H20N4. The van der Waals surface area contributed by atoms with E-state index in [-0.39, 0.29) is 0 Å². The Hall–Kier alpha value is -1.94. The van der Waals surface area contributed by atoms with Crippen LogP contribution >= 0.6 is 0 Å². The monoisotopic (exact) mass is 268 g/mol. The van der Waals surface area contributed by atoms with E-state index in [1.54, 1.807) is 0 Å². The lowest BCUT2D eigenvalue weighted by Crippen LogP contribution is -2.26. The molecule has 4 nitrogen and oxygen atoms in total. The van der Waals surface area contributed by atoms with Crippen LogP contribution in [-0.4, -0.2) is 16.5 Å². The van der Waals surface area contributed by atoms with Crippen LogP contribution < -0.4 is 11.1 Å². The number of nitrogen functional groups attached to an aromatic ring is 1. The second kappa shape index (κ2) is 5.21. The first-order chi connectivity index (χ1) is 9.65. The maximum atomic E-state index is 6.07. The van der Waals surface area contributed by atoms with Crippen LogP contribution in [-0.2, 0) is 13.0 Å². The van der Waals surface area contributed by atoms with E-state index in [4.69, 9.17) is 5.73 Å². The van der Waals surface area contributed by atoms with Gasteiger partial charge in [0.05, 0.1) is 5.69 Å². The number of nitrogens with one attached hydrogen (secondary N) is 1. The Labute approximate surface area is 119 Å². The van der Waals surface area contributed by atoms with Crippen molar-refractivity contribution in [1.82, 2.24) is 15.3 Å². The standard InChI is InChI=1S/C16H20N4/c1-10(2)11-3-5-12(6-4-11)16-19-14-7-8-18-9-13(14)15(17)20-16/h3-6,10,18H,7-9H2,1-2H3,(H2,17,19,20). The molecule has 0 fully saturated rings. The largest absolute Gasteiger partial charge is 0.383 e. The Morgan fingerprint density at radius 3 is 2.60 bits per heavy atom. The lowest BCUT2D eigenvalue weighted by atomic mass is 10.0. The Morgan fingerprint density at radius 2 is 1.90 bits per heavy atom. The van der Waals surface area contributed by atoms with Crippen molar-refractivity contribution in [3.05, 3.63) is 41.1 Å². The lowest BCUT2D eigenvalue weighted by molar-refractivity contribution is 0.629. The summed E-state index contributed by atoms with van der Waals surface area (Å²) in [5, 5.41) is 3.30. The van der Waals surface area contributed by atoms with E-state index in [9.17, 15) is 0 Å². The SMILES string of the molecule is CC(C)c1ccc(-c2nc(N)c3c(n2)CCNC3)cc1.